The molecule has 1 aromatic heterocycles. The van der Waals surface area contributed by atoms with Crippen LogP contribution >= 0.6 is 50.7 Å². The number of nitrogens with one attached hydrogen (secondary N) is 1. The van der Waals surface area contributed by atoms with Gasteiger partial charge in [0.15, 0.2) is 0 Å². The SMILES string of the molecule is CNCc1cc(Br)cnc1Oc1cc(Cl)c(Cl)cc1Cl. The first-order valence-corrected chi connectivity index (χ1v) is 7.55. The van der Waals surface area contributed by atoms with E-state index in [0.717, 1.165) is 10.0 Å². The topological polar surface area (TPSA) is 34.2 Å². The first-order chi connectivity index (χ1) is 9.51. The van der Waals surface area contributed by atoms with E-state index in [1.165, 1.54) is 6.07 Å². The molecule has 1 aromatic carbocycles. The van der Waals surface area contributed by atoms with Crippen molar-refractivity contribution >= 4 is 50.7 Å². The van der Waals surface area contributed by atoms with Crippen molar-refractivity contribution in [3.63, 3.8) is 0 Å². The summed E-state index contributed by atoms with van der Waals surface area (Å²) in [6, 6.07) is 5.03. The highest BCUT2D eigenvalue weighted by Gasteiger charge is 2.12. The Labute approximate surface area is 140 Å². The molecule has 1 heterocycles. The lowest BCUT2D eigenvalue weighted by molar-refractivity contribution is 0.454. The average Bonchev–Trinajstić information content (AvgIpc) is 2.39. The number of ether oxygens (including phenoxy) is 1. The minimum atomic E-state index is 0.373. The Hall–Kier alpha value is -0.520. The maximum Gasteiger partial charge on any atom is 0.223 e. The molecule has 0 aliphatic heterocycles. The Kier molecular flexibility index (Phi) is 5.52. The van der Waals surface area contributed by atoms with Crippen LogP contribution in [0.5, 0.6) is 11.6 Å². The molecule has 0 spiro atoms. The molecule has 0 bridgehead atoms. The molecule has 0 atom stereocenters. The summed E-state index contributed by atoms with van der Waals surface area (Å²) >= 11 is 21.3. The third-order valence-electron chi connectivity index (χ3n) is 2.44. The van der Waals surface area contributed by atoms with Crippen molar-refractivity contribution in [3.05, 3.63) is 49.5 Å². The van der Waals surface area contributed by atoms with E-state index in [1.807, 2.05) is 13.1 Å². The second kappa shape index (κ2) is 6.96. The quantitative estimate of drug-likeness (QED) is 0.711. The summed E-state index contributed by atoms with van der Waals surface area (Å²) < 4.78 is 6.61. The van der Waals surface area contributed by atoms with E-state index in [-0.39, 0.29) is 0 Å². The summed E-state index contributed by atoms with van der Waals surface area (Å²) in [5.41, 5.74) is 0.893. The fourth-order valence-corrected chi connectivity index (χ4v) is 2.52. The highest BCUT2D eigenvalue weighted by Crippen LogP contribution is 2.36. The van der Waals surface area contributed by atoms with Gasteiger partial charge in [0.1, 0.15) is 5.75 Å². The predicted octanol–water partition coefficient (Wildman–Crippen LogP) is 5.32. The van der Waals surface area contributed by atoms with Crippen LogP contribution in [-0.2, 0) is 6.54 Å². The van der Waals surface area contributed by atoms with Gasteiger partial charge in [-0.15, -0.1) is 0 Å². The van der Waals surface area contributed by atoms with Crippen LogP contribution in [0.4, 0.5) is 0 Å². The zero-order valence-corrected chi connectivity index (χ0v) is 14.2. The number of hydrogen-bond donors (Lipinski definition) is 1. The van der Waals surface area contributed by atoms with Gasteiger partial charge in [0.05, 0.1) is 15.1 Å². The predicted molar refractivity (Wildman–Crippen MR) is 86.2 cm³/mol. The van der Waals surface area contributed by atoms with Crippen LogP contribution < -0.4 is 10.1 Å². The summed E-state index contributed by atoms with van der Waals surface area (Å²) in [5.74, 6) is 0.871. The Balaban J connectivity index is 2.37. The van der Waals surface area contributed by atoms with Gasteiger partial charge in [0, 0.05) is 28.8 Å². The highest BCUT2D eigenvalue weighted by molar-refractivity contribution is 9.10. The number of rotatable bonds is 4. The van der Waals surface area contributed by atoms with Gasteiger partial charge in [-0.25, -0.2) is 4.98 Å². The number of pyridine rings is 1. The lowest BCUT2D eigenvalue weighted by Crippen LogP contribution is -2.07. The zero-order chi connectivity index (χ0) is 14.7. The molecule has 2 rings (SSSR count). The summed E-state index contributed by atoms with van der Waals surface area (Å²) in [4.78, 5) is 4.24. The van der Waals surface area contributed by atoms with Crippen LogP contribution in [0.25, 0.3) is 0 Å². The fraction of sp³-hybridized carbons (Fsp3) is 0.154. The number of halogens is 4. The summed E-state index contributed by atoms with van der Waals surface area (Å²) in [6.07, 6.45) is 1.65. The summed E-state index contributed by atoms with van der Waals surface area (Å²) in [6.45, 7) is 0.612. The van der Waals surface area contributed by atoms with Crippen LogP contribution in [0, 0.1) is 0 Å². The van der Waals surface area contributed by atoms with Gasteiger partial charge in [0.25, 0.3) is 0 Å². The second-order valence-electron chi connectivity index (χ2n) is 3.95. The van der Waals surface area contributed by atoms with E-state index >= 15 is 0 Å². The minimum Gasteiger partial charge on any atom is -0.437 e. The van der Waals surface area contributed by atoms with Crippen molar-refractivity contribution in [1.29, 1.82) is 0 Å². The highest BCUT2D eigenvalue weighted by atomic mass is 79.9. The maximum atomic E-state index is 6.09. The van der Waals surface area contributed by atoms with Gasteiger partial charge >= 0.3 is 0 Å². The molecule has 0 radical (unpaired) electrons. The molecular formula is C13H10BrCl3N2O. The van der Waals surface area contributed by atoms with Crippen LogP contribution in [-0.4, -0.2) is 12.0 Å². The van der Waals surface area contributed by atoms with Gasteiger partial charge < -0.3 is 10.1 Å². The van der Waals surface area contributed by atoms with E-state index in [2.05, 4.69) is 26.2 Å². The molecule has 3 nitrogen and oxygen atoms in total. The number of nitrogens with zero attached hydrogens (tertiary/aromatic N) is 1. The molecule has 7 heteroatoms. The molecule has 0 unspecified atom stereocenters. The first-order valence-electron chi connectivity index (χ1n) is 5.62. The summed E-state index contributed by atoms with van der Waals surface area (Å²) in [7, 11) is 1.84. The molecule has 0 fully saturated rings. The Bertz CT molecular complexity index is 637. The lowest BCUT2D eigenvalue weighted by atomic mass is 10.2. The van der Waals surface area contributed by atoms with Gasteiger partial charge in [0.2, 0.25) is 5.88 Å². The molecule has 0 aliphatic carbocycles. The van der Waals surface area contributed by atoms with E-state index < -0.39 is 0 Å². The van der Waals surface area contributed by atoms with E-state index in [9.17, 15) is 0 Å². The van der Waals surface area contributed by atoms with Crippen molar-refractivity contribution in [2.45, 2.75) is 6.54 Å². The molecule has 0 saturated carbocycles. The van der Waals surface area contributed by atoms with Gasteiger partial charge in [-0.1, -0.05) is 34.8 Å². The van der Waals surface area contributed by atoms with E-state index in [1.54, 1.807) is 12.3 Å². The Morgan fingerprint density at radius 3 is 2.55 bits per heavy atom. The summed E-state index contributed by atoms with van der Waals surface area (Å²) in [5, 5.41) is 4.18. The fourth-order valence-electron chi connectivity index (χ4n) is 1.56. The third kappa shape index (κ3) is 3.77. The van der Waals surface area contributed by atoms with E-state index in [0.29, 0.717) is 33.2 Å². The van der Waals surface area contributed by atoms with Crippen LogP contribution in [0.15, 0.2) is 28.9 Å². The Morgan fingerprint density at radius 2 is 1.85 bits per heavy atom. The maximum absolute atomic E-state index is 6.09. The smallest absolute Gasteiger partial charge is 0.223 e. The van der Waals surface area contributed by atoms with Gasteiger partial charge in [-0.3, -0.25) is 0 Å². The number of benzene rings is 1. The molecule has 0 amide bonds. The molecule has 106 valence electrons. The molecular weight excluding hydrogens is 386 g/mol. The van der Waals surface area contributed by atoms with Crippen molar-refractivity contribution in [2.24, 2.45) is 0 Å². The van der Waals surface area contributed by atoms with Crippen LogP contribution in [0.3, 0.4) is 0 Å². The number of hydrogen-bond acceptors (Lipinski definition) is 3. The lowest BCUT2D eigenvalue weighted by Gasteiger charge is -2.12. The molecule has 0 aliphatic rings. The van der Waals surface area contributed by atoms with Crippen molar-refractivity contribution in [1.82, 2.24) is 10.3 Å². The zero-order valence-electron chi connectivity index (χ0n) is 10.4. The molecule has 2 aromatic rings. The van der Waals surface area contributed by atoms with Crippen molar-refractivity contribution < 1.29 is 4.74 Å². The molecule has 0 saturated heterocycles. The van der Waals surface area contributed by atoms with Gasteiger partial charge in [-0.2, -0.15) is 0 Å². The molecule has 20 heavy (non-hydrogen) atoms. The minimum absolute atomic E-state index is 0.373. The van der Waals surface area contributed by atoms with Crippen molar-refractivity contribution in [2.75, 3.05) is 7.05 Å². The second-order valence-corrected chi connectivity index (χ2v) is 6.08. The Morgan fingerprint density at radius 1 is 1.15 bits per heavy atom. The standard InChI is InChI=1S/C13H10BrCl3N2O/c1-18-5-7-2-8(14)6-19-13(7)20-12-4-10(16)9(15)3-11(12)17/h2-4,6,18H,5H2,1H3. The van der Waals surface area contributed by atoms with Crippen molar-refractivity contribution in [3.8, 4) is 11.6 Å². The largest absolute Gasteiger partial charge is 0.437 e. The van der Waals surface area contributed by atoms with E-state index in [4.69, 9.17) is 39.5 Å². The third-order valence-corrected chi connectivity index (χ3v) is 3.89. The normalized spacial score (nSPS) is 10.7. The van der Waals surface area contributed by atoms with Crippen LogP contribution in [0.1, 0.15) is 5.56 Å². The number of aromatic nitrogens is 1. The van der Waals surface area contributed by atoms with Gasteiger partial charge in [-0.05, 0) is 35.1 Å². The first kappa shape index (κ1) is 15.9. The van der Waals surface area contributed by atoms with Crippen LogP contribution in [0.2, 0.25) is 15.1 Å². The monoisotopic (exact) mass is 394 g/mol. The molecule has 1 N–H and O–H groups in total. The average molecular weight is 396 g/mol.